The molecule has 0 bridgehead atoms. The van der Waals surface area contributed by atoms with Gasteiger partial charge in [-0.3, -0.25) is 9.69 Å². The lowest BCUT2D eigenvalue weighted by Crippen LogP contribution is -2.41. The molecule has 1 saturated carbocycles. The van der Waals surface area contributed by atoms with Crippen LogP contribution in [0.15, 0.2) is 60.7 Å². The molecule has 2 aliphatic rings. The molecule has 142 valence electrons. The number of rotatable bonds is 6. The van der Waals surface area contributed by atoms with Gasteiger partial charge in [0.05, 0.1) is 5.92 Å². The van der Waals surface area contributed by atoms with Crippen LogP contribution in [0.5, 0.6) is 0 Å². The average molecular weight is 363 g/mol. The van der Waals surface area contributed by atoms with Crippen molar-refractivity contribution in [3.8, 4) is 0 Å². The molecule has 4 rings (SSSR count). The van der Waals surface area contributed by atoms with E-state index in [1.807, 2.05) is 18.2 Å². The number of benzene rings is 2. The Morgan fingerprint density at radius 1 is 1.04 bits per heavy atom. The van der Waals surface area contributed by atoms with E-state index in [0.29, 0.717) is 12.0 Å². The van der Waals surface area contributed by atoms with Gasteiger partial charge in [-0.05, 0) is 42.2 Å². The molecule has 2 fully saturated rings. The lowest BCUT2D eigenvalue weighted by molar-refractivity contribution is -0.123. The second kappa shape index (κ2) is 8.26. The molecule has 3 nitrogen and oxygen atoms in total. The van der Waals surface area contributed by atoms with E-state index >= 15 is 0 Å². The van der Waals surface area contributed by atoms with Crippen molar-refractivity contribution in [2.75, 3.05) is 13.1 Å². The van der Waals surface area contributed by atoms with Crippen LogP contribution in [-0.2, 0) is 11.3 Å². The summed E-state index contributed by atoms with van der Waals surface area (Å²) in [5, 5.41) is 3.42. The number of hydrogen-bond donors (Lipinski definition) is 1. The van der Waals surface area contributed by atoms with E-state index < -0.39 is 0 Å². The second-order valence-corrected chi connectivity index (χ2v) is 8.17. The Balaban J connectivity index is 1.37. The summed E-state index contributed by atoms with van der Waals surface area (Å²) in [6, 6.07) is 21.3. The van der Waals surface area contributed by atoms with Crippen molar-refractivity contribution < 1.29 is 4.79 Å². The fourth-order valence-corrected chi connectivity index (χ4v) is 5.05. The highest BCUT2D eigenvalue weighted by Gasteiger charge is 2.43. The van der Waals surface area contributed by atoms with E-state index in [2.05, 4.69) is 59.6 Å². The first kappa shape index (κ1) is 18.2. The summed E-state index contributed by atoms with van der Waals surface area (Å²) in [6.07, 6.45) is 3.21. The number of carbonyl (C=O) groups is 1. The SMILES string of the molecule is CCC(C(=O)N[C@@H]1CC[C@H]2CN(Cc3ccccc3)C[C@H]21)c1ccccc1. The van der Waals surface area contributed by atoms with E-state index in [-0.39, 0.29) is 11.8 Å². The molecule has 0 spiro atoms. The molecule has 1 aliphatic carbocycles. The summed E-state index contributed by atoms with van der Waals surface area (Å²) in [4.78, 5) is 15.5. The third kappa shape index (κ3) is 4.08. The van der Waals surface area contributed by atoms with E-state index in [4.69, 9.17) is 0 Å². The van der Waals surface area contributed by atoms with Crippen molar-refractivity contribution in [3.63, 3.8) is 0 Å². The smallest absolute Gasteiger partial charge is 0.227 e. The zero-order valence-electron chi connectivity index (χ0n) is 16.2. The maximum absolute atomic E-state index is 13.0. The van der Waals surface area contributed by atoms with Crippen molar-refractivity contribution >= 4 is 5.91 Å². The van der Waals surface area contributed by atoms with Crippen molar-refractivity contribution in [1.82, 2.24) is 10.2 Å². The fraction of sp³-hybridized carbons (Fsp3) is 0.458. The molecule has 2 aromatic rings. The van der Waals surface area contributed by atoms with E-state index in [1.54, 1.807) is 0 Å². The number of carbonyl (C=O) groups excluding carboxylic acids is 1. The summed E-state index contributed by atoms with van der Waals surface area (Å²) in [6.45, 7) is 5.40. The average Bonchev–Trinajstić information content (AvgIpc) is 3.25. The maximum Gasteiger partial charge on any atom is 0.227 e. The molecule has 27 heavy (non-hydrogen) atoms. The first-order chi connectivity index (χ1) is 13.2. The molecule has 4 atom stereocenters. The number of nitrogens with one attached hydrogen (secondary N) is 1. The van der Waals surface area contributed by atoms with Crippen molar-refractivity contribution in [3.05, 3.63) is 71.8 Å². The lowest BCUT2D eigenvalue weighted by Gasteiger charge is -2.24. The molecule has 3 heteroatoms. The van der Waals surface area contributed by atoms with Gasteiger partial charge >= 0.3 is 0 Å². The van der Waals surface area contributed by atoms with Gasteiger partial charge in [0.25, 0.3) is 0 Å². The summed E-state index contributed by atoms with van der Waals surface area (Å²) < 4.78 is 0. The van der Waals surface area contributed by atoms with Crippen LogP contribution in [0.25, 0.3) is 0 Å². The number of fused-ring (bicyclic) bond motifs is 1. The van der Waals surface area contributed by atoms with Crippen molar-refractivity contribution in [2.24, 2.45) is 11.8 Å². The largest absolute Gasteiger partial charge is 0.353 e. The minimum absolute atomic E-state index is 0.0351. The number of nitrogens with zero attached hydrogens (tertiary/aromatic N) is 1. The molecule has 1 aliphatic heterocycles. The van der Waals surface area contributed by atoms with E-state index in [9.17, 15) is 4.79 Å². The molecule has 0 aromatic heterocycles. The zero-order valence-corrected chi connectivity index (χ0v) is 16.2. The quantitative estimate of drug-likeness (QED) is 0.835. The zero-order chi connectivity index (χ0) is 18.6. The molecule has 1 saturated heterocycles. The van der Waals surface area contributed by atoms with Gasteiger partial charge in [0, 0.05) is 25.7 Å². The number of likely N-dealkylation sites (tertiary alicyclic amines) is 1. The predicted octanol–water partition coefficient (Wildman–Crippen LogP) is 4.21. The Kier molecular flexibility index (Phi) is 5.58. The second-order valence-electron chi connectivity index (χ2n) is 8.17. The van der Waals surface area contributed by atoms with Crippen LogP contribution in [0.3, 0.4) is 0 Å². The highest BCUT2D eigenvalue weighted by molar-refractivity contribution is 5.83. The minimum atomic E-state index is -0.0351. The third-order valence-electron chi connectivity index (χ3n) is 6.44. The van der Waals surface area contributed by atoms with Crippen LogP contribution in [0, 0.1) is 11.8 Å². The topological polar surface area (TPSA) is 32.3 Å². The van der Waals surface area contributed by atoms with Crippen molar-refractivity contribution in [1.29, 1.82) is 0 Å². The molecule has 1 heterocycles. The third-order valence-corrected chi connectivity index (χ3v) is 6.44. The van der Waals surface area contributed by atoms with E-state index in [0.717, 1.165) is 37.4 Å². The van der Waals surface area contributed by atoms with E-state index in [1.165, 1.54) is 18.5 Å². The van der Waals surface area contributed by atoms with Gasteiger partial charge in [0.2, 0.25) is 5.91 Å². The molecule has 2 aromatic carbocycles. The Morgan fingerprint density at radius 2 is 1.74 bits per heavy atom. The van der Waals surface area contributed by atoms with Crippen LogP contribution >= 0.6 is 0 Å². The van der Waals surface area contributed by atoms with Crippen molar-refractivity contribution in [2.45, 2.75) is 44.7 Å². The van der Waals surface area contributed by atoms with Gasteiger partial charge in [0.15, 0.2) is 0 Å². The summed E-state index contributed by atoms with van der Waals surface area (Å²) in [5.74, 6) is 1.50. The van der Waals surface area contributed by atoms with Gasteiger partial charge in [-0.15, -0.1) is 0 Å². The Morgan fingerprint density at radius 3 is 2.44 bits per heavy atom. The Labute approximate surface area is 162 Å². The van der Waals surface area contributed by atoms with Gasteiger partial charge in [0.1, 0.15) is 0 Å². The summed E-state index contributed by atoms with van der Waals surface area (Å²) >= 11 is 0. The monoisotopic (exact) mass is 362 g/mol. The van der Waals surface area contributed by atoms with Gasteiger partial charge in [-0.25, -0.2) is 0 Å². The molecule has 1 amide bonds. The van der Waals surface area contributed by atoms with Gasteiger partial charge in [-0.2, -0.15) is 0 Å². The summed E-state index contributed by atoms with van der Waals surface area (Å²) in [5.41, 5.74) is 2.51. The number of hydrogen-bond acceptors (Lipinski definition) is 2. The van der Waals surface area contributed by atoms with Crippen LogP contribution in [-0.4, -0.2) is 29.9 Å². The first-order valence-electron chi connectivity index (χ1n) is 10.4. The van der Waals surface area contributed by atoms with Crippen LogP contribution in [0.4, 0.5) is 0 Å². The van der Waals surface area contributed by atoms with Gasteiger partial charge in [-0.1, -0.05) is 67.6 Å². The first-order valence-corrected chi connectivity index (χ1v) is 10.4. The fourth-order valence-electron chi connectivity index (χ4n) is 5.05. The normalized spacial score (nSPS) is 25.9. The van der Waals surface area contributed by atoms with Crippen LogP contribution in [0.2, 0.25) is 0 Å². The maximum atomic E-state index is 13.0. The number of amides is 1. The standard InChI is InChI=1S/C24H30N2O/c1-2-21(19-11-7-4-8-12-19)24(27)25-23-14-13-20-16-26(17-22(20)23)15-18-9-5-3-6-10-18/h3-12,20-23H,2,13-17H2,1H3,(H,25,27)/t20-,21?,22+,23+/m0/s1. The molecular formula is C24H30N2O. The Hall–Kier alpha value is -2.13. The van der Waals surface area contributed by atoms with Gasteiger partial charge < -0.3 is 5.32 Å². The summed E-state index contributed by atoms with van der Waals surface area (Å²) in [7, 11) is 0. The minimum Gasteiger partial charge on any atom is -0.353 e. The van der Waals surface area contributed by atoms with Crippen LogP contribution < -0.4 is 5.32 Å². The molecule has 1 N–H and O–H groups in total. The predicted molar refractivity (Wildman–Crippen MR) is 109 cm³/mol. The highest BCUT2D eigenvalue weighted by Crippen LogP contribution is 2.39. The molecule has 0 radical (unpaired) electrons. The highest BCUT2D eigenvalue weighted by atomic mass is 16.1. The Bertz CT molecular complexity index is 745. The van der Waals surface area contributed by atoms with Crippen LogP contribution in [0.1, 0.15) is 43.2 Å². The molecule has 1 unspecified atom stereocenters. The lowest BCUT2D eigenvalue weighted by atomic mass is 9.93. The molecular weight excluding hydrogens is 332 g/mol.